The first kappa shape index (κ1) is 17.0. The van der Waals surface area contributed by atoms with Gasteiger partial charge in [-0.2, -0.15) is 0 Å². The maximum atomic E-state index is 10.9. The minimum Gasteiger partial charge on any atom is -0.504 e. The number of aromatic hydroxyl groups is 1. The predicted molar refractivity (Wildman–Crippen MR) is 112 cm³/mol. The molecule has 1 aliphatic carbocycles. The van der Waals surface area contributed by atoms with Crippen LogP contribution in [0.4, 0.5) is 0 Å². The Hall–Kier alpha value is -2.86. The fraction of sp³-hybridized carbons (Fsp3) is 0.391. The zero-order valence-electron chi connectivity index (χ0n) is 16.5. The Morgan fingerprint density at radius 2 is 2.00 bits per heavy atom. The van der Waals surface area contributed by atoms with Crippen LogP contribution in [0.1, 0.15) is 43.2 Å². The monoisotopic (exact) mass is 388 g/mol. The Morgan fingerprint density at radius 1 is 1.10 bits per heavy atom. The number of likely N-dealkylation sites (tertiary alicyclic amines) is 1. The third kappa shape index (κ3) is 2.66. The van der Waals surface area contributed by atoms with Crippen LogP contribution in [0.3, 0.4) is 0 Å². The van der Waals surface area contributed by atoms with Crippen LogP contribution in [0, 0.1) is 0 Å². The van der Waals surface area contributed by atoms with E-state index in [4.69, 9.17) is 4.42 Å². The molecular weight excluding hydrogens is 364 g/mol. The Bertz CT molecular complexity index is 1220. The summed E-state index contributed by atoms with van der Waals surface area (Å²) in [6.45, 7) is 2.20. The van der Waals surface area contributed by atoms with Crippen LogP contribution < -0.4 is 0 Å². The molecule has 1 N–H and O–H groups in total. The Kier molecular flexibility index (Phi) is 3.71. The summed E-state index contributed by atoms with van der Waals surface area (Å²) in [6, 6.07) is 8.39. The third-order valence-electron chi connectivity index (χ3n) is 6.51. The van der Waals surface area contributed by atoms with Crippen LogP contribution in [-0.4, -0.2) is 44.9 Å². The molecule has 0 radical (unpaired) electrons. The van der Waals surface area contributed by atoms with Gasteiger partial charge in [0, 0.05) is 35.1 Å². The molecule has 0 spiro atoms. The molecule has 4 heterocycles. The van der Waals surface area contributed by atoms with Gasteiger partial charge in [0.15, 0.2) is 17.0 Å². The molecular formula is C23H24N4O2. The lowest BCUT2D eigenvalue weighted by atomic mass is 9.99. The van der Waals surface area contributed by atoms with E-state index in [1.807, 2.05) is 18.2 Å². The molecule has 3 aromatic heterocycles. The van der Waals surface area contributed by atoms with Crippen LogP contribution in [0.25, 0.3) is 33.3 Å². The van der Waals surface area contributed by atoms with Crippen molar-refractivity contribution >= 4 is 22.0 Å². The lowest BCUT2D eigenvalue weighted by Crippen LogP contribution is -2.33. The first-order valence-corrected chi connectivity index (χ1v) is 10.5. The van der Waals surface area contributed by atoms with Crippen LogP contribution in [0.15, 0.2) is 41.1 Å². The minimum absolute atomic E-state index is 0.149. The molecule has 6 rings (SSSR count). The van der Waals surface area contributed by atoms with Gasteiger partial charge < -0.3 is 19.0 Å². The molecule has 0 amide bonds. The molecule has 0 unspecified atom stereocenters. The maximum absolute atomic E-state index is 10.9. The van der Waals surface area contributed by atoms with E-state index in [9.17, 15) is 5.11 Å². The fourth-order valence-electron chi connectivity index (χ4n) is 4.89. The Balaban J connectivity index is 1.53. The summed E-state index contributed by atoms with van der Waals surface area (Å²) in [5, 5.41) is 22.2. The summed E-state index contributed by atoms with van der Waals surface area (Å²) in [4.78, 5) is 2.39. The van der Waals surface area contributed by atoms with Gasteiger partial charge in [-0.3, -0.25) is 0 Å². The number of aromatic nitrogens is 3. The smallest absolute Gasteiger partial charge is 0.176 e. The van der Waals surface area contributed by atoms with Gasteiger partial charge in [-0.05, 0) is 69.0 Å². The van der Waals surface area contributed by atoms with Gasteiger partial charge in [0.05, 0.1) is 6.26 Å². The quantitative estimate of drug-likeness (QED) is 0.551. The molecule has 2 aliphatic rings. The number of likely N-dealkylation sites (N-methyl/N-ethyl adjacent to an activating group) is 1. The number of nitrogens with zero attached hydrogens (tertiary/aromatic N) is 4. The van der Waals surface area contributed by atoms with Crippen molar-refractivity contribution in [1.29, 1.82) is 0 Å². The van der Waals surface area contributed by atoms with Gasteiger partial charge in [-0.25, -0.2) is 0 Å². The fourth-order valence-corrected chi connectivity index (χ4v) is 4.89. The summed E-state index contributed by atoms with van der Waals surface area (Å²) in [7, 11) is 2.19. The SMILES string of the molecule is CN1CCC[C@@H](n2ccc3c(C4CC4)c(-c4ccc5ccoc5c4O)nnc32)C1. The van der Waals surface area contributed by atoms with E-state index < -0.39 is 0 Å². The minimum atomic E-state index is 0.149. The summed E-state index contributed by atoms with van der Waals surface area (Å²) in [5.74, 6) is 0.635. The largest absolute Gasteiger partial charge is 0.504 e. The second kappa shape index (κ2) is 6.32. The van der Waals surface area contributed by atoms with E-state index in [0.717, 1.165) is 42.7 Å². The Labute approximate surface area is 168 Å². The average Bonchev–Trinajstić information content (AvgIpc) is 3.28. The highest BCUT2D eigenvalue weighted by atomic mass is 16.3. The second-order valence-corrected chi connectivity index (χ2v) is 8.56. The lowest BCUT2D eigenvalue weighted by Gasteiger charge is -2.30. The number of phenols is 1. The summed E-state index contributed by atoms with van der Waals surface area (Å²) >= 11 is 0. The van der Waals surface area contributed by atoms with Gasteiger partial charge in [0.2, 0.25) is 0 Å². The van der Waals surface area contributed by atoms with E-state index in [0.29, 0.717) is 23.1 Å². The van der Waals surface area contributed by atoms with Gasteiger partial charge in [0.25, 0.3) is 0 Å². The first-order valence-electron chi connectivity index (χ1n) is 10.5. The van der Waals surface area contributed by atoms with Gasteiger partial charge in [-0.15, -0.1) is 10.2 Å². The zero-order valence-corrected chi connectivity index (χ0v) is 16.5. The first-order chi connectivity index (χ1) is 14.2. The highest BCUT2D eigenvalue weighted by molar-refractivity contribution is 5.94. The third-order valence-corrected chi connectivity index (χ3v) is 6.51. The maximum Gasteiger partial charge on any atom is 0.176 e. The Morgan fingerprint density at radius 3 is 2.83 bits per heavy atom. The normalized spacial score (nSPS) is 20.7. The summed E-state index contributed by atoms with van der Waals surface area (Å²) in [6.07, 6.45) is 8.48. The van der Waals surface area contributed by atoms with Crippen molar-refractivity contribution in [3.05, 3.63) is 42.3 Å². The highest BCUT2D eigenvalue weighted by Crippen LogP contribution is 2.49. The number of furan rings is 1. The van der Waals surface area contributed by atoms with E-state index in [2.05, 4.69) is 39.0 Å². The van der Waals surface area contributed by atoms with Crippen molar-refractivity contribution in [2.75, 3.05) is 20.1 Å². The molecule has 1 saturated carbocycles. The molecule has 1 atom stereocenters. The molecule has 6 nitrogen and oxygen atoms in total. The van der Waals surface area contributed by atoms with Gasteiger partial charge in [-0.1, -0.05) is 6.07 Å². The number of piperidine rings is 1. The average molecular weight is 388 g/mol. The van der Waals surface area contributed by atoms with Crippen LogP contribution in [-0.2, 0) is 0 Å². The van der Waals surface area contributed by atoms with Crippen LogP contribution in [0.2, 0.25) is 0 Å². The number of fused-ring (bicyclic) bond motifs is 2. The van der Waals surface area contributed by atoms with Gasteiger partial charge in [0.1, 0.15) is 5.69 Å². The predicted octanol–water partition coefficient (Wildman–Crippen LogP) is 4.69. The molecule has 0 bridgehead atoms. The van der Waals surface area contributed by atoms with Crippen molar-refractivity contribution in [3.63, 3.8) is 0 Å². The number of hydrogen-bond acceptors (Lipinski definition) is 5. The lowest BCUT2D eigenvalue weighted by molar-refractivity contribution is 0.214. The van der Waals surface area contributed by atoms with Crippen molar-refractivity contribution < 1.29 is 9.52 Å². The molecule has 1 saturated heterocycles. The molecule has 4 aromatic rings. The number of hydrogen-bond donors (Lipinski definition) is 1. The van der Waals surface area contributed by atoms with E-state index in [1.165, 1.54) is 23.8 Å². The highest BCUT2D eigenvalue weighted by Gasteiger charge is 2.32. The standard InChI is InChI=1S/C23H24N4O2/c1-26-10-2-3-16(13-26)27-11-8-17-19(14-4-5-14)20(24-25-23(17)27)18-7-6-15-9-12-29-22(15)21(18)28/h6-9,11-12,14,16,28H,2-5,10,13H2,1H3/t16-/m1/s1. The molecule has 6 heteroatoms. The van der Waals surface area contributed by atoms with Crippen LogP contribution in [0.5, 0.6) is 5.75 Å². The molecule has 1 aromatic carbocycles. The van der Waals surface area contributed by atoms with E-state index in [-0.39, 0.29) is 5.75 Å². The van der Waals surface area contributed by atoms with Crippen molar-refractivity contribution in [2.24, 2.45) is 0 Å². The number of phenolic OH excluding ortho intramolecular Hbond substituents is 1. The van der Waals surface area contributed by atoms with Crippen LogP contribution >= 0.6 is 0 Å². The zero-order chi connectivity index (χ0) is 19.5. The molecule has 29 heavy (non-hydrogen) atoms. The molecule has 2 fully saturated rings. The van der Waals surface area contributed by atoms with Crippen molar-refractivity contribution in [1.82, 2.24) is 19.7 Å². The van der Waals surface area contributed by atoms with Gasteiger partial charge >= 0.3 is 0 Å². The van der Waals surface area contributed by atoms with Crippen molar-refractivity contribution in [2.45, 2.75) is 37.6 Å². The summed E-state index contributed by atoms with van der Waals surface area (Å²) in [5.41, 5.74) is 4.19. The topological polar surface area (TPSA) is 67.3 Å². The molecule has 1 aliphatic heterocycles. The molecule has 148 valence electrons. The van der Waals surface area contributed by atoms with E-state index >= 15 is 0 Å². The number of benzene rings is 1. The van der Waals surface area contributed by atoms with E-state index in [1.54, 1.807) is 6.26 Å². The van der Waals surface area contributed by atoms with Crippen molar-refractivity contribution in [3.8, 4) is 17.0 Å². The number of rotatable bonds is 3. The summed E-state index contributed by atoms with van der Waals surface area (Å²) < 4.78 is 7.81. The second-order valence-electron chi connectivity index (χ2n) is 8.56.